The van der Waals surface area contributed by atoms with E-state index in [1.807, 2.05) is 6.07 Å². The van der Waals surface area contributed by atoms with Crippen LogP contribution in [0.3, 0.4) is 0 Å². The number of nitrogens with zero attached hydrogens (tertiary/aromatic N) is 3. The van der Waals surface area contributed by atoms with Crippen LogP contribution in [0.5, 0.6) is 0 Å². The molecule has 1 unspecified atom stereocenters. The standard InChI is InChI=1S/C14H16N4O4/c19-14(10-2-1-5-20-10)15-7-12-16-13(18-22-12)9-6-11(21-17-9)8-3-4-8/h6,8,10H,1-5,7H2,(H,15,19). The number of hydrogen-bond donors (Lipinski definition) is 1. The van der Waals surface area contributed by atoms with Gasteiger partial charge in [0.15, 0.2) is 5.69 Å². The normalized spacial score (nSPS) is 21.2. The van der Waals surface area contributed by atoms with E-state index in [9.17, 15) is 4.79 Å². The Bertz CT molecular complexity index is 670. The zero-order valence-corrected chi connectivity index (χ0v) is 11.9. The molecule has 1 N–H and O–H groups in total. The highest BCUT2D eigenvalue weighted by Gasteiger charge is 2.29. The number of ether oxygens (including phenoxy) is 1. The lowest BCUT2D eigenvalue weighted by molar-refractivity contribution is -0.130. The molecule has 1 aliphatic heterocycles. The summed E-state index contributed by atoms with van der Waals surface area (Å²) in [5.41, 5.74) is 0.558. The van der Waals surface area contributed by atoms with Crippen molar-refractivity contribution in [3.05, 3.63) is 17.7 Å². The summed E-state index contributed by atoms with van der Waals surface area (Å²) in [7, 11) is 0. The molecular formula is C14H16N4O4. The second kappa shape index (κ2) is 5.53. The Labute approximate surface area is 126 Å². The van der Waals surface area contributed by atoms with Crippen molar-refractivity contribution in [2.24, 2.45) is 0 Å². The van der Waals surface area contributed by atoms with Crippen LogP contribution in [-0.4, -0.2) is 33.9 Å². The number of nitrogens with one attached hydrogen (secondary N) is 1. The monoisotopic (exact) mass is 304 g/mol. The molecular weight excluding hydrogens is 288 g/mol. The molecule has 8 nitrogen and oxygen atoms in total. The van der Waals surface area contributed by atoms with Gasteiger partial charge in [-0.05, 0) is 25.7 Å². The van der Waals surface area contributed by atoms with Crippen LogP contribution in [0.25, 0.3) is 11.5 Å². The first-order chi connectivity index (χ1) is 10.8. The lowest BCUT2D eigenvalue weighted by Gasteiger charge is -2.07. The highest BCUT2D eigenvalue weighted by atomic mass is 16.5. The molecule has 4 rings (SSSR count). The Hall–Kier alpha value is -2.22. The molecule has 1 saturated carbocycles. The molecule has 22 heavy (non-hydrogen) atoms. The average Bonchev–Trinajstić information content (AvgIpc) is 3.02. The highest BCUT2D eigenvalue weighted by molar-refractivity contribution is 5.80. The van der Waals surface area contributed by atoms with Crippen LogP contribution in [0.4, 0.5) is 0 Å². The van der Waals surface area contributed by atoms with E-state index >= 15 is 0 Å². The average molecular weight is 304 g/mol. The Morgan fingerprint density at radius 1 is 1.27 bits per heavy atom. The van der Waals surface area contributed by atoms with E-state index in [1.54, 1.807) is 0 Å². The summed E-state index contributed by atoms with van der Waals surface area (Å²) < 4.78 is 15.7. The number of aromatic nitrogens is 3. The van der Waals surface area contributed by atoms with Gasteiger partial charge >= 0.3 is 0 Å². The van der Waals surface area contributed by atoms with Crippen molar-refractivity contribution in [3.8, 4) is 11.5 Å². The fourth-order valence-electron chi connectivity index (χ4n) is 2.45. The first kappa shape index (κ1) is 13.4. The van der Waals surface area contributed by atoms with Gasteiger partial charge in [0.05, 0.1) is 6.54 Å². The minimum atomic E-state index is -0.362. The van der Waals surface area contributed by atoms with Crippen molar-refractivity contribution in [1.29, 1.82) is 0 Å². The van der Waals surface area contributed by atoms with E-state index in [4.69, 9.17) is 13.8 Å². The zero-order valence-electron chi connectivity index (χ0n) is 11.9. The smallest absolute Gasteiger partial charge is 0.249 e. The minimum absolute atomic E-state index is 0.144. The van der Waals surface area contributed by atoms with E-state index in [0.717, 1.165) is 31.4 Å². The van der Waals surface area contributed by atoms with E-state index in [-0.39, 0.29) is 18.6 Å². The van der Waals surface area contributed by atoms with Gasteiger partial charge in [-0.25, -0.2) is 0 Å². The van der Waals surface area contributed by atoms with Crippen LogP contribution in [0.2, 0.25) is 0 Å². The molecule has 2 aromatic heterocycles. The van der Waals surface area contributed by atoms with Gasteiger partial charge in [0.25, 0.3) is 0 Å². The summed E-state index contributed by atoms with van der Waals surface area (Å²) in [6.45, 7) is 0.817. The van der Waals surface area contributed by atoms with Crippen molar-refractivity contribution < 1.29 is 18.6 Å². The van der Waals surface area contributed by atoms with E-state index in [0.29, 0.717) is 29.9 Å². The second-order valence-corrected chi connectivity index (χ2v) is 5.62. The molecule has 1 saturated heterocycles. The van der Waals surface area contributed by atoms with Gasteiger partial charge in [-0.3, -0.25) is 4.79 Å². The second-order valence-electron chi connectivity index (χ2n) is 5.62. The van der Waals surface area contributed by atoms with Crippen LogP contribution < -0.4 is 5.32 Å². The molecule has 0 radical (unpaired) electrons. The Morgan fingerprint density at radius 3 is 2.95 bits per heavy atom. The highest BCUT2D eigenvalue weighted by Crippen LogP contribution is 2.40. The van der Waals surface area contributed by atoms with Gasteiger partial charge in [-0.2, -0.15) is 4.98 Å². The first-order valence-corrected chi connectivity index (χ1v) is 7.48. The molecule has 8 heteroatoms. The molecule has 116 valence electrons. The molecule has 2 aromatic rings. The predicted molar refractivity (Wildman–Crippen MR) is 72.6 cm³/mol. The summed E-state index contributed by atoms with van der Waals surface area (Å²) in [6, 6.07) is 1.84. The van der Waals surface area contributed by atoms with Gasteiger partial charge in [0, 0.05) is 18.6 Å². The van der Waals surface area contributed by atoms with Crippen LogP contribution in [-0.2, 0) is 16.1 Å². The summed E-state index contributed by atoms with van der Waals surface area (Å²) in [5.74, 6) is 1.91. The summed E-state index contributed by atoms with van der Waals surface area (Å²) in [5, 5.41) is 10.6. The number of amides is 1. The van der Waals surface area contributed by atoms with Gasteiger partial charge in [0.2, 0.25) is 17.6 Å². The maximum Gasteiger partial charge on any atom is 0.249 e. The Kier molecular flexibility index (Phi) is 3.38. The van der Waals surface area contributed by atoms with Crippen LogP contribution >= 0.6 is 0 Å². The van der Waals surface area contributed by atoms with Crippen molar-refractivity contribution in [2.45, 2.75) is 44.2 Å². The van der Waals surface area contributed by atoms with Crippen LogP contribution in [0, 0.1) is 0 Å². The molecule has 2 aliphatic rings. The number of hydrogen-bond acceptors (Lipinski definition) is 7. The Morgan fingerprint density at radius 2 is 2.18 bits per heavy atom. The maximum atomic E-state index is 11.8. The van der Waals surface area contributed by atoms with Crippen LogP contribution in [0.1, 0.15) is 43.3 Å². The molecule has 1 amide bonds. The van der Waals surface area contributed by atoms with Crippen molar-refractivity contribution in [1.82, 2.24) is 20.6 Å². The lowest BCUT2D eigenvalue weighted by Crippen LogP contribution is -2.33. The molecule has 0 aromatic carbocycles. The van der Waals surface area contributed by atoms with Crippen molar-refractivity contribution >= 4 is 5.91 Å². The summed E-state index contributed by atoms with van der Waals surface area (Å²) in [4.78, 5) is 16.0. The maximum absolute atomic E-state index is 11.8. The first-order valence-electron chi connectivity index (χ1n) is 7.48. The largest absolute Gasteiger partial charge is 0.368 e. The Balaban J connectivity index is 1.37. The summed E-state index contributed by atoms with van der Waals surface area (Å²) >= 11 is 0. The third-order valence-corrected chi connectivity index (χ3v) is 3.84. The molecule has 3 heterocycles. The molecule has 1 aliphatic carbocycles. The fourth-order valence-corrected chi connectivity index (χ4v) is 2.45. The molecule has 0 spiro atoms. The number of carbonyl (C=O) groups excluding carboxylic acids is 1. The van der Waals surface area contributed by atoms with Gasteiger partial charge in [0.1, 0.15) is 11.9 Å². The van der Waals surface area contributed by atoms with Gasteiger partial charge < -0.3 is 19.1 Å². The third-order valence-electron chi connectivity index (χ3n) is 3.84. The predicted octanol–water partition coefficient (Wildman–Crippen LogP) is 1.40. The van der Waals surface area contributed by atoms with Gasteiger partial charge in [-0.15, -0.1) is 0 Å². The minimum Gasteiger partial charge on any atom is -0.368 e. The lowest BCUT2D eigenvalue weighted by atomic mass is 10.2. The third kappa shape index (κ3) is 2.74. The zero-order chi connectivity index (χ0) is 14.9. The molecule has 0 bridgehead atoms. The molecule has 2 fully saturated rings. The van der Waals surface area contributed by atoms with Crippen molar-refractivity contribution in [3.63, 3.8) is 0 Å². The summed E-state index contributed by atoms with van der Waals surface area (Å²) in [6.07, 6.45) is 3.59. The SMILES string of the molecule is O=C(NCc1nc(-c2cc(C3CC3)on2)no1)C1CCCO1. The van der Waals surface area contributed by atoms with E-state index < -0.39 is 0 Å². The van der Waals surface area contributed by atoms with Crippen LogP contribution in [0.15, 0.2) is 15.1 Å². The quantitative estimate of drug-likeness (QED) is 0.890. The molecule has 1 atom stereocenters. The topological polar surface area (TPSA) is 103 Å². The van der Waals surface area contributed by atoms with Gasteiger partial charge in [-0.1, -0.05) is 10.3 Å². The number of rotatable bonds is 5. The number of carbonyl (C=O) groups is 1. The van der Waals surface area contributed by atoms with E-state index in [2.05, 4.69) is 20.6 Å². The van der Waals surface area contributed by atoms with E-state index in [1.165, 1.54) is 0 Å². The van der Waals surface area contributed by atoms with Crippen molar-refractivity contribution in [2.75, 3.05) is 6.61 Å². The fraction of sp³-hybridized carbons (Fsp3) is 0.571.